The van der Waals surface area contributed by atoms with Crippen molar-refractivity contribution < 1.29 is 9.84 Å². The van der Waals surface area contributed by atoms with E-state index in [2.05, 4.69) is 19.1 Å². The average Bonchev–Trinajstić information content (AvgIpc) is 2.53. The highest BCUT2D eigenvalue weighted by Crippen LogP contribution is 2.32. The summed E-state index contributed by atoms with van der Waals surface area (Å²) in [5, 5.41) is 10.7. The predicted molar refractivity (Wildman–Crippen MR) is 96.2 cm³/mol. The Balaban J connectivity index is 2.59. The smallest absolute Gasteiger partial charge is 0.0826 e. The van der Waals surface area contributed by atoms with Crippen LogP contribution in [0.2, 0.25) is 0 Å². The second-order valence-electron chi connectivity index (χ2n) is 5.72. The molecule has 0 heterocycles. The van der Waals surface area contributed by atoms with Crippen molar-refractivity contribution in [2.24, 2.45) is 0 Å². The molecule has 0 radical (unpaired) electrons. The van der Waals surface area contributed by atoms with Gasteiger partial charge in [-0.2, -0.15) is 0 Å². The van der Waals surface area contributed by atoms with Gasteiger partial charge in [-0.3, -0.25) is 0 Å². The molecule has 0 aliphatic carbocycles. The number of aliphatic hydroxyl groups excluding tert-OH is 1. The van der Waals surface area contributed by atoms with Gasteiger partial charge in [0, 0.05) is 4.90 Å². The molecule has 0 spiro atoms. The molecule has 22 heavy (non-hydrogen) atoms. The zero-order valence-electron chi connectivity index (χ0n) is 14.1. The number of unbranched alkanes of at least 4 members (excludes halogenated alkanes) is 4. The molecule has 0 bridgehead atoms. The SMILES string of the molecule is CCCCCCCC(O)C(Sc1ccccc1)C(C)=COC. The quantitative estimate of drug-likeness (QED) is 0.335. The summed E-state index contributed by atoms with van der Waals surface area (Å²) < 4.78 is 5.14. The van der Waals surface area contributed by atoms with E-state index in [-0.39, 0.29) is 11.4 Å². The molecule has 2 atom stereocenters. The van der Waals surface area contributed by atoms with Gasteiger partial charge >= 0.3 is 0 Å². The van der Waals surface area contributed by atoms with Crippen LogP contribution in [-0.2, 0) is 4.74 Å². The van der Waals surface area contributed by atoms with Crippen molar-refractivity contribution in [1.82, 2.24) is 0 Å². The molecule has 2 nitrogen and oxygen atoms in total. The monoisotopic (exact) mass is 322 g/mol. The minimum Gasteiger partial charge on any atom is -0.504 e. The number of hydrogen-bond donors (Lipinski definition) is 1. The molecule has 1 aromatic rings. The molecular weight excluding hydrogens is 292 g/mol. The highest BCUT2D eigenvalue weighted by molar-refractivity contribution is 8.00. The number of ether oxygens (including phenoxy) is 1. The Labute approximate surface area is 140 Å². The Hall–Kier alpha value is -0.930. The number of aliphatic hydroxyl groups is 1. The van der Waals surface area contributed by atoms with Crippen LogP contribution in [0.3, 0.4) is 0 Å². The van der Waals surface area contributed by atoms with Gasteiger partial charge in [0.25, 0.3) is 0 Å². The maximum Gasteiger partial charge on any atom is 0.0826 e. The maximum atomic E-state index is 10.6. The van der Waals surface area contributed by atoms with Crippen molar-refractivity contribution in [2.75, 3.05) is 7.11 Å². The Morgan fingerprint density at radius 2 is 1.86 bits per heavy atom. The van der Waals surface area contributed by atoms with Gasteiger partial charge in [-0.05, 0) is 31.1 Å². The highest BCUT2D eigenvalue weighted by Gasteiger charge is 2.22. The van der Waals surface area contributed by atoms with Crippen LogP contribution in [0, 0.1) is 0 Å². The largest absolute Gasteiger partial charge is 0.504 e. The Morgan fingerprint density at radius 1 is 1.18 bits per heavy atom. The van der Waals surface area contributed by atoms with Crippen molar-refractivity contribution in [1.29, 1.82) is 0 Å². The Morgan fingerprint density at radius 3 is 2.50 bits per heavy atom. The third-order valence-corrected chi connectivity index (χ3v) is 5.20. The lowest BCUT2D eigenvalue weighted by molar-refractivity contribution is 0.164. The lowest BCUT2D eigenvalue weighted by Crippen LogP contribution is -2.24. The minimum atomic E-state index is -0.335. The maximum absolute atomic E-state index is 10.6. The van der Waals surface area contributed by atoms with Gasteiger partial charge in [0.1, 0.15) is 0 Å². The topological polar surface area (TPSA) is 29.5 Å². The molecule has 0 saturated heterocycles. The molecule has 3 heteroatoms. The fraction of sp³-hybridized carbons (Fsp3) is 0.579. The highest BCUT2D eigenvalue weighted by atomic mass is 32.2. The molecular formula is C19H30O2S. The number of thioether (sulfide) groups is 1. The van der Waals surface area contributed by atoms with E-state index in [1.807, 2.05) is 25.1 Å². The third-order valence-electron chi connectivity index (χ3n) is 3.71. The molecule has 0 aromatic heterocycles. The summed E-state index contributed by atoms with van der Waals surface area (Å²) in [5.41, 5.74) is 1.08. The summed E-state index contributed by atoms with van der Waals surface area (Å²) in [7, 11) is 1.66. The van der Waals surface area contributed by atoms with Gasteiger partial charge < -0.3 is 9.84 Å². The van der Waals surface area contributed by atoms with Crippen molar-refractivity contribution in [3.63, 3.8) is 0 Å². The van der Waals surface area contributed by atoms with Crippen LogP contribution in [-0.4, -0.2) is 23.6 Å². The Kier molecular flexibility index (Phi) is 10.1. The van der Waals surface area contributed by atoms with Gasteiger partial charge in [-0.1, -0.05) is 57.2 Å². The summed E-state index contributed by atoms with van der Waals surface area (Å²) in [6, 6.07) is 10.3. The first-order valence-electron chi connectivity index (χ1n) is 8.28. The van der Waals surface area contributed by atoms with Crippen molar-refractivity contribution >= 4 is 11.8 Å². The zero-order valence-corrected chi connectivity index (χ0v) is 14.9. The summed E-state index contributed by atoms with van der Waals surface area (Å²) in [5.74, 6) is 0. The molecule has 1 rings (SSSR count). The lowest BCUT2D eigenvalue weighted by atomic mass is 10.0. The van der Waals surface area contributed by atoms with Gasteiger partial charge in [0.05, 0.1) is 24.7 Å². The van der Waals surface area contributed by atoms with E-state index < -0.39 is 0 Å². The van der Waals surface area contributed by atoms with E-state index >= 15 is 0 Å². The van der Waals surface area contributed by atoms with Crippen molar-refractivity contribution in [2.45, 2.75) is 68.6 Å². The number of hydrogen-bond acceptors (Lipinski definition) is 3. The lowest BCUT2D eigenvalue weighted by Gasteiger charge is -2.23. The molecule has 0 saturated carbocycles. The average molecular weight is 323 g/mol. The number of rotatable bonds is 11. The molecule has 2 unspecified atom stereocenters. The van der Waals surface area contributed by atoms with E-state index in [1.165, 1.54) is 30.6 Å². The summed E-state index contributed by atoms with van der Waals surface area (Å²) in [6.45, 7) is 4.25. The van der Waals surface area contributed by atoms with Crippen LogP contribution in [0.4, 0.5) is 0 Å². The molecule has 0 fully saturated rings. The number of benzene rings is 1. The first-order valence-corrected chi connectivity index (χ1v) is 9.16. The predicted octanol–water partition coefficient (Wildman–Crippen LogP) is 5.42. The van der Waals surface area contributed by atoms with Crippen LogP contribution in [0.5, 0.6) is 0 Å². The second-order valence-corrected chi connectivity index (χ2v) is 6.93. The first kappa shape index (κ1) is 19.1. The molecule has 1 aromatic carbocycles. The van der Waals surface area contributed by atoms with E-state index in [4.69, 9.17) is 4.74 Å². The Bertz CT molecular complexity index is 417. The van der Waals surface area contributed by atoms with Crippen LogP contribution >= 0.6 is 11.8 Å². The van der Waals surface area contributed by atoms with Crippen LogP contribution < -0.4 is 0 Å². The number of methoxy groups -OCH3 is 1. The van der Waals surface area contributed by atoms with Gasteiger partial charge in [0.2, 0.25) is 0 Å². The van der Waals surface area contributed by atoms with Crippen molar-refractivity contribution in [3.05, 3.63) is 42.2 Å². The minimum absolute atomic E-state index is 0.0496. The zero-order chi connectivity index (χ0) is 16.2. The molecule has 0 amide bonds. The molecule has 124 valence electrons. The van der Waals surface area contributed by atoms with Gasteiger partial charge in [0.15, 0.2) is 0 Å². The van der Waals surface area contributed by atoms with Gasteiger partial charge in [-0.15, -0.1) is 11.8 Å². The van der Waals surface area contributed by atoms with E-state index in [0.29, 0.717) is 0 Å². The van der Waals surface area contributed by atoms with Crippen LogP contribution in [0.25, 0.3) is 0 Å². The summed E-state index contributed by atoms with van der Waals surface area (Å²) >= 11 is 1.71. The van der Waals surface area contributed by atoms with Crippen LogP contribution in [0.15, 0.2) is 47.1 Å². The van der Waals surface area contributed by atoms with E-state index in [1.54, 1.807) is 25.1 Å². The summed E-state index contributed by atoms with van der Waals surface area (Å²) in [4.78, 5) is 1.18. The van der Waals surface area contributed by atoms with E-state index in [9.17, 15) is 5.11 Å². The van der Waals surface area contributed by atoms with Crippen molar-refractivity contribution in [3.8, 4) is 0 Å². The molecule has 0 aliphatic rings. The first-order chi connectivity index (χ1) is 10.7. The molecule has 1 N–H and O–H groups in total. The van der Waals surface area contributed by atoms with E-state index in [0.717, 1.165) is 18.4 Å². The van der Waals surface area contributed by atoms with Crippen LogP contribution in [0.1, 0.15) is 52.4 Å². The second kappa shape index (κ2) is 11.6. The fourth-order valence-electron chi connectivity index (χ4n) is 2.48. The fourth-order valence-corrected chi connectivity index (χ4v) is 3.62. The normalized spacial score (nSPS) is 14.6. The van der Waals surface area contributed by atoms with Gasteiger partial charge in [-0.25, -0.2) is 0 Å². The standard InChI is InChI=1S/C19H30O2S/c1-4-5-6-7-11-14-18(20)19(16(2)15-21-3)22-17-12-9-8-10-13-17/h8-10,12-13,15,18-20H,4-7,11,14H2,1-3H3. The summed E-state index contributed by atoms with van der Waals surface area (Å²) in [6.07, 6.45) is 8.38. The third kappa shape index (κ3) is 7.37. The molecule has 0 aliphatic heterocycles.